The van der Waals surface area contributed by atoms with E-state index >= 15 is 0 Å². The molecule has 0 saturated carbocycles. The third-order valence-corrected chi connectivity index (χ3v) is 4.71. The highest BCUT2D eigenvalue weighted by atomic mass is 32.2. The van der Waals surface area contributed by atoms with Gasteiger partial charge in [-0.15, -0.1) is 0 Å². The van der Waals surface area contributed by atoms with Gasteiger partial charge in [0.15, 0.2) is 0 Å². The fourth-order valence-corrected chi connectivity index (χ4v) is 3.67. The van der Waals surface area contributed by atoms with Gasteiger partial charge in [0.1, 0.15) is 0 Å². The molecule has 0 bridgehead atoms. The van der Waals surface area contributed by atoms with E-state index in [0.29, 0.717) is 12.3 Å². The number of aliphatic carboxylic acids is 1. The van der Waals surface area contributed by atoms with Gasteiger partial charge in [-0.25, -0.2) is 4.79 Å². The van der Waals surface area contributed by atoms with Gasteiger partial charge in [0.25, 0.3) is 0 Å². The van der Waals surface area contributed by atoms with Crippen LogP contribution in [-0.2, 0) is 4.79 Å². The number of amides is 2. The van der Waals surface area contributed by atoms with Crippen LogP contribution in [0, 0.1) is 0 Å². The molecule has 2 amide bonds. The van der Waals surface area contributed by atoms with E-state index in [1.165, 1.54) is 0 Å². The number of hydrogen-bond acceptors (Lipinski definition) is 4. The van der Waals surface area contributed by atoms with Crippen LogP contribution in [-0.4, -0.2) is 77.2 Å². The molecule has 2 saturated heterocycles. The molecule has 0 aromatic carbocycles. The van der Waals surface area contributed by atoms with E-state index < -0.39 is 5.97 Å². The Morgan fingerprint density at radius 3 is 2.84 bits per heavy atom. The summed E-state index contributed by atoms with van der Waals surface area (Å²) in [5, 5.41) is 11.9. The van der Waals surface area contributed by atoms with E-state index in [-0.39, 0.29) is 24.5 Å². The minimum absolute atomic E-state index is 0.0327. The molecule has 2 unspecified atom stereocenters. The second-order valence-electron chi connectivity index (χ2n) is 5.22. The average molecular weight is 287 g/mol. The number of nitrogens with zero attached hydrogens (tertiary/aromatic N) is 2. The number of rotatable bonds is 3. The number of likely N-dealkylation sites (N-methyl/N-ethyl adjacent to an activating group) is 1. The number of likely N-dealkylation sites (tertiary alicyclic amines) is 1. The SMILES string of the molecule is CN1CCC(NC(=O)N2CCSCC2CC(=O)O)C1. The van der Waals surface area contributed by atoms with Crippen LogP contribution in [0.2, 0.25) is 0 Å². The summed E-state index contributed by atoms with van der Waals surface area (Å²) in [6.45, 7) is 2.51. The van der Waals surface area contributed by atoms with Gasteiger partial charge in [0.05, 0.1) is 12.5 Å². The zero-order chi connectivity index (χ0) is 13.8. The lowest BCUT2D eigenvalue weighted by atomic mass is 10.2. The predicted molar refractivity (Wildman–Crippen MR) is 74.5 cm³/mol. The van der Waals surface area contributed by atoms with Gasteiger partial charge in [-0.2, -0.15) is 11.8 Å². The molecule has 7 heteroatoms. The Labute approximate surface area is 117 Å². The van der Waals surface area contributed by atoms with Gasteiger partial charge in [0, 0.05) is 30.6 Å². The third-order valence-electron chi connectivity index (χ3n) is 3.62. The van der Waals surface area contributed by atoms with Gasteiger partial charge in [-0.05, 0) is 20.0 Å². The van der Waals surface area contributed by atoms with E-state index in [1.54, 1.807) is 16.7 Å². The van der Waals surface area contributed by atoms with Crippen LogP contribution in [0.25, 0.3) is 0 Å². The van der Waals surface area contributed by atoms with Crippen LogP contribution < -0.4 is 5.32 Å². The first-order chi connectivity index (χ1) is 9.06. The van der Waals surface area contributed by atoms with Crippen molar-refractivity contribution in [1.29, 1.82) is 0 Å². The molecule has 2 aliphatic heterocycles. The van der Waals surface area contributed by atoms with E-state index in [0.717, 1.165) is 25.3 Å². The van der Waals surface area contributed by atoms with Crippen molar-refractivity contribution in [3.63, 3.8) is 0 Å². The number of urea groups is 1. The van der Waals surface area contributed by atoms with E-state index in [4.69, 9.17) is 5.11 Å². The quantitative estimate of drug-likeness (QED) is 0.781. The average Bonchev–Trinajstić information content (AvgIpc) is 2.74. The summed E-state index contributed by atoms with van der Waals surface area (Å²) in [7, 11) is 2.04. The highest BCUT2D eigenvalue weighted by Gasteiger charge is 2.31. The largest absolute Gasteiger partial charge is 0.481 e. The lowest BCUT2D eigenvalue weighted by molar-refractivity contribution is -0.137. The zero-order valence-electron chi connectivity index (χ0n) is 11.2. The molecule has 6 nitrogen and oxygen atoms in total. The predicted octanol–water partition coefficient (Wildman–Crippen LogP) is 0.292. The van der Waals surface area contributed by atoms with Crippen LogP contribution in [0.15, 0.2) is 0 Å². The van der Waals surface area contributed by atoms with Crippen molar-refractivity contribution in [2.24, 2.45) is 0 Å². The molecule has 2 aliphatic rings. The molecule has 0 radical (unpaired) electrons. The van der Waals surface area contributed by atoms with Crippen LogP contribution >= 0.6 is 11.8 Å². The summed E-state index contributed by atoms with van der Waals surface area (Å²) in [6, 6.07) is -0.0974. The zero-order valence-corrected chi connectivity index (χ0v) is 12.0. The number of carboxylic acid groups (broad SMARTS) is 1. The van der Waals surface area contributed by atoms with Crippen LogP contribution in [0.3, 0.4) is 0 Å². The van der Waals surface area contributed by atoms with Crippen molar-refractivity contribution in [3.05, 3.63) is 0 Å². The number of thioether (sulfide) groups is 1. The van der Waals surface area contributed by atoms with Crippen molar-refractivity contribution in [2.45, 2.75) is 24.9 Å². The Balaban J connectivity index is 1.89. The fourth-order valence-electron chi connectivity index (χ4n) is 2.60. The highest BCUT2D eigenvalue weighted by Crippen LogP contribution is 2.19. The Morgan fingerprint density at radius 1 is 1.42 bits per heavy atom. The smallest absolute Gasteiger partial charge is 0.317 e. The van der Waals surface area contributed by atoms with E-state index in [2.05, 4.69) is 10.2 Å². The first kappa shape index (κ1) is 14.5. The van der Waals surface area contributed by atoms with Gasteiger partial charge in [0.2, 0.25) is 0 Å². The van der Waals surface area contributed by atoms with Crippen LogP contribution in [0.4, 0.5) is 4.79 Å². The lowest BCUT2D eigenvalue weighted by Crippen LogP contribution is -2.53. The molecule has 2 atom stereocenters. The van der Waals surface area contributed by atoms with Gasteiger partial charge in [-0.3, -0.25) is 4.79 Å². The molecule has 0 aromatic heterocycles. The highest BCUT2D eigenvalue weighted by molar-refractivity contribution is 7.99. The molecule has 108 valence electrons. The molecule has 0 aliphatic carbocycles. The number of nitrogens with one attached hydrogen (secondary N) is 1. The van der Waals surface area contributed by atoms with Gasteiger partial charge in [-0.1, -0.05) is 0 Å². The second kappa shape index (κ2) is 6.47. The minimum atomic E-state index is -0.842. The molecular weight excluding hydrogens is 266 g/mol. The summed E-state index contributed by atoms with van der Waals surface area (Å²) in [4.78, 5) is 27.0. The van der Waals surface area contributed by atoms with Crippen LogP contribution in [0.5, 0.6) is 0 Å². The monoisotopic (exact) mass is 287 g/mol. The summed E-state index contributed by atoms with van der Waals surface area (Å²) in [6.07, 6.45) is 0.999. The third kappa shape index (κ3) is 4.01. The van der Waals surface area contributed by atoms with Crippen LogP contribution in [0.1, 0.15) is 12.8 Å². The second-order valence-corrected chi connectivity index (χ2v) is 6.37. The molecule has 2 rings (SSSR count). The van der Waals surface area contributed by atoms with E-state index in [9.17, 15) is 9.59 Å². The van der Waals surface area contributed by atoms with Gasteiger partial charge < -0.3 is 20.2 Å². The topological polar surface area (TPSA) is 72.9 Å². The maximum atomic E-state index is 12.2. The number of carbonyl (C=O) groups excluding carboxylic acids is 1. The van der Waals surface area contributed by atoms with Gasteiger partial charge >= 0.3 is 12.0 Å². The van der Waals surface area contributed by atoms with Crippen molar-refractivity contribution < 1.29 is 14.7 Å². The van der Waals surface area contributed by atoms with E-state index in [1.807, 2.05) is 7.05 Å². The number of carboxylic acids is 1. The molecule has 2 fully saturated rings. The van der Waals surface area contributed by atoms with Crippen molar-refractivity contribution in [3.8, 4) is 0 Å². The molecule has 2 N–H and O–H groups in total. The molecule has 2 heterocycles. The molecule has 0 spiro atoms. The number of hydrogen-bond donors (Lipinski definition) is 2. The Bertz CT molecular complexity index is 353. The van der Waals surface area contributed by atoms with Crippen molar-refractivity contribution in [2.75, 3.05) is 38.2 Å². The number of carbonyl (C=O) groups is 2. The maximum Gasteiger partial charge on any atom is 0.317 e. The Morgan fingerprint density at radius 2 is 2.21 bits per heavy atom. The standard InChI is InChI=1S/C12H21N3O3S/c1-14-3-2-9(7-14)13-12(18)15-4-5-19-8-10(15)6-11(16)17/h9-10H,2-8H2,1H3,(H,13,18)(H,16,17). The first-order valence-corrected chi connectivity index (χ1v) is 7.77. The maximum absolute atomic E-state index is 12.2. The lowest BCUT2D eigenvalue weighted by Gasteiger charge is -2.35. The Hall–Kier alpha value is -0.950. The minimum Gasteiger partial charge on any atom is -0.481 e. The summed E-state index contributed by atoms with van der Waals surface area (Å²) < 4.78 is 0. The van der Waals surface area contributed by atoms with Crippen molar-refractivity contribution >= 4 is 23.8 Å². The molecule has 0 aromatic rings. The fraction of sp³-hybridized carbons (Fsp3) is 0.833. The molecular formula is C12H21N3O3S. The summed E-state index contributed by atoms with van der Waals surface area (Å²) in [5.41, 5.74) is 0. The normalized spacial score (nSPS) is 28.4. The van der Waals surface area contributed by atoms with Crippen molar-refractivity contribution in [1.82, 2.24) is 15.1 Å². The summed E-state index contributed by atoms with van der Waals surface area (Å²) >= 11 is 1.72. The summed E-state index contributed by atoms with van der Waals surface area (Å²) in [5.74, 6) is 0.754. The first-order valence-electron chi connectivity index (χ1n) is 6.61. The molecule has 19 heavy (non-hydrogen) atoms. The Kier molecular flexibility index (Phi) is 4.93.